The number of ether oxygens (including phenoxy) is 1. The third kappa shape index (κ3) is 3.39. The van der Waals surface area contributed by atoms with E-state index in [0.29, 0.717) is 0 Å². The van der Waals surface area contributed by atoms with Gasteiger partial charge in [0.25, 0.3) is 0 Å². The molecule has 1 amide bonds. The van der Waals surface area contributed by atoms with E-state index in [4.69, 9.17) is 4.74 Å². The lowest BCUT2D eigenvalue weighted by atomic mass is 10.1. The molecule has 1 unspecified atom stereocenters. The zero-order valence-electron chi connectivity index (χ0n) is 12.3. The van der Waals surface area contributed by atoms with Crippen LogP contribution in [0.3, 0.4) is 0 Å². The number of nitrogens with zero attached hydrogens (tertiary/aromatic N) is 1. The van der Waals surface area contributed by atoms with Crippen molar-refractivity contribution in [2.24, 2.45) is 0 Å². The summed E-state index contributed by atoms with van der Waals surface area (Å²) in [5.74, 6) is 0.913. The molecular formula is C16H22N2O2. The zero-order chi connectivity index (χ0) is 14.5. The number of amides is 1. The molecule has 108 valence electrons. The van der Waals surface area contributed by atoms with Gasteiger partial charge >= 0.3 is 0 Å². The summed E-state index contributed by atoms with van der Waals surface area (Å²) in [5.41, 5.74) is 2.02. The quantitative estimate of drug-likeness (QED) is 0.856. The third-order valence-corrected chi connectivity index (χ3v) is 3.67. The molecule has 0 spiro atoms. The first kappa shape index (κ1) is 14.6. The minimum absolute atomic E-state index is 0.0901. The minimum Gasteiger partial charge on any atom is -0.497 e. The van der Waals surface area contributed by atoms with Crippen LogP contribution in [-0.2, 0) is 4.79 Å². The smallest absolute Gasteiger partial charge is 0.247 e. The topological polar surface area (TPSA) is 41.6 Å². The lowest BCUT2D eigenvalue weighted by Gasteiger charge is -2.33. The maximum atomic E-state index is 12.3. The van der Waals surface area contributed by atoms with Crippen molar-refractivity contribution in [3.63, 3.8) is 0 Å². The van der Waals surface area contributed by atoms with Gasteiger partial charge in [-0.15, -0.1) is 0 Å². The van der Waals surface area contributed by atoms with Gasteiger partial charge < -0.3 is 15.0 Å². The van der Waals surface area contributed by atoms with E-state index in [-0.39, 0.29) is 11.9 Å². The first-order chi connectivity index (χ1) is 9.61. The van der Waals surface area contributed by atoms with E-state index in [9.17, 15) is 4.79 Å². The maximum Gasteiger partial charge on any atom is 0.247 e. The van der Waals surface area contributed by atoms with E-state index < -0.39 is 0 Å². The van der Waals surface area contributed by atoms with E-state index in [1.807, 2.05) is 36.1 Å². The van der Waals surface area contributed by atoms with Crippen molar-refractivity contribution in [1.82, 2.24) is 10.2 Å². The van der Waals surface area contributed by atoms with E-state index in [0.717, 1.165) is 36.5 Å². The van der Waals surface area contributed by atoms with E-state index >= 15 is 0 Å². The Morgan fingerprint density at radius 2 is 2.10 bits per heavy atom. The molecule has 4 nitrogen and oxygen atoms in total. The monoisotopic (exact) mass is 274 g/mol. The second-order valence-electron chi connectivity index (χ2n) is 5.14. The molecule has 0 saturated carbocycles. The Balaban J connectivity index is 2.09. The highest BCUT2D eigenvalue weighted by molar-refractivity contribution is 5.95. The Labute approximate surface area is 120 Å². The van der Waals surface area contributed by atoms with Gasteiger partial charge in [-0.05, 0) is 37.1 Å². The summed E-state index contributed by atoms with van der Waals surface area (Å²) in [6, 6.07) is 8.00. The average molecular weight is 274 g/mol. The highest BCUT2D eigenvalue weighted by Gasteiger charge is 2.21. The number of hydrogen-bond acceptors (Lipinski definition) is 3. The number of benzene rings is 1. The maximum absolute atomic E-state index is 12.3. The van der Waals surface area contributed by atoms with Crippen LogP contribution in [0.1, 0.15) is 19.4 Å². The van der Waals surface area contributed by atoms with Crippen molar-refractivity contribution >= 4 is 11.5 Å². The van der Waals surface area contributed by atoms with Crippen LogP contribution in [-0.4, -0.2) is 43.6 Å². The summed E-state index contributed by atoms with van der Waals surface area (Å²) in [4.78, 5) is 14.2. The molecule has 4 heteroatoms. The molecule has 1 atom stereocenters. The Hall–Kier alpha value is -1.81. The van der Waals surface area contributed by atoms with Gasteiger partial charge in [0.1, 0.15) is 5.75 Å². The standard InChI is InChI=1S/C16H22N2O2/c1-12(14-4-6-15(20-3)7-5-14)10-16(19)18-9-8-17-11-13(18)2/h4-7,10,13,17H,8-9,11H2,1-3H3/b12-10+. The van der Waals surface area contributed by atoms with Crippen molar-refractivity contribution < 1.29 is 9.53 Å². The van der Waals surface area contributed by atoms with Crippen molar-refractivity contribution in [1.29, 1.82) is 0 Å². The van der Waals surface area contributed by atoms with Crippen molar-refractivity contribution in [2.45, 2.75) is 19.9 Å². The van der Waals surface area contributed by atoms with Crippen LogP contribution in [0, 0.1) is 0 Å². The average Bonchev–Trinajstić information content (AvgIpc) is 2.47. The second-order valence-corrected chi connectivity index (χ2v) is 5.14. The second kappa shape index (κ2) is 6.57. The number of methoxy groups -OCH3 is 1. The number of piperazine rings is 1. The number of rotatable bonds is 3. The molecule has 20 heavy (non-hydrogen) atoms. The fourth-order valence-electron chi connectivity index (χ4n) is 2.37. The van der Waals surface area contributed by atoms with Crippen LogP contribution in [0.15, 0.2) is 30.3 Å². The Bertz CT molecular complexity index is 494. The zero-order valence-corrected chi connectivity index (χ0v) is 12.3. The van der Waals surface area contributed by atoms with Gasteiger partial charge in [-0.3, -0.25) is 4.79 Å². The highest BCUT2D eigenvalue weighted by Crippen LogP contribution is 2.18. The van der Waals surface area contributed by atoms with Crippen LogP contribution in [0.5, 0.6) is 5.75 Å². The van der Waals surface area contributed by atoms with Gasteiger partial charge in [-0.25, -0.2) is 0 Å². The molecule has 0 bridgehead atoms. The van der Waals surface area contributed by atoms with Gasteiger partial charge in [0.15, 0.2) is 0 Å². The molecule has 1 aliphatic heterocycles. The van der Waals surface area contributed by atoms with Crippen LogP contribution in [0.25, 0.3) is 5.57 Å². The Morgan fingerprint density at radius 3 is 2.70 bits per heavy atom. The van der Waals surface area contributed by atoms with Gasteiger partial charge in [-0.1, -0.05) is 12.1 Å². The van der Waals surface area contributed by atoms with Crippen molar-refractivity contribution in [2.75, 3.05) is 26.7 Å². The van der Waals surface area contributed by atoms with Gasteiger partial charge in [-0.2, -0.15) is 0 Å². The first-order valence-corrected chi connectivity index (χ1v) is 6.96. The van der Waals surface area contributed by atoms with E-state index in [2.05, 4.69) is 12.2 Å². The summed E-state index contributed by atoms with van der Waals surface area (Å²) in [6.07, 6.45) is 1.73. The molecule has 1 N–H and O–H groups in total. The molecule has 1 aliphatic rings. The summed E-state index contributed by atoms with van der Waals surface area (Å²) in [5, 5.41) is 3.29. The minimum atomic E-state index is 0.0901. The van der Waals surface area contributed by atoms with Crippen molar-refractivity contribution in [3.05, 3.63) is 35.9 Å². The molecule has 1 saturated heterocycles. The summed E-state index contributed by atoms with van der Waals surface area (Å²) < 4.78 is 5.14. The number of hydrogen-bond donors (Lipinski definition) is 1. The Kier molecular flexibility index (Phi) is 4.79. The fourth-order valence-corrected chi connectivity index (χ4v) is 2.37. The van der Waals surface area contributed by atoms with Crippen LogP contribution >= 0.6 is 0 Å². The summed E-state index contributed by atoms with van der Waals surface area (Å²) >= 11 is 0. The fraction of sp³-hybridized carbons (Fsp3) is 0.438. The van der Waals surface area contributed by atoms with E-state index in [1.54, 1.807) is 13.2 Å². The molecule has 0 aliphatic carbocycles. The van der Waals surface area contributed by atoms with Crippen LogP contribution < -0.4 is 10.1 Å². The summed E-state index contributed by atoms with van der Waals surface area (Å²) in [7, 11) is 1.65. The predicted octanol–water partition coefficient (Wildman–Crippen LogP) is 1.92. The lowest BCUT2D eigenvalue weighted by molar-refractivity contribution is -0.128. The number of allylic oxidation sites excluding steroid dienone is 1. The number of carbonyl (C=O) groups excluding carboxylic acids is 1. The van der Waals surface area contributed by atoms with Gasteiger partial charge in [0.05, 0.1) is 7.11 Å². The largest absolute Gasteiger partial charge is 0.497 e. The molecule has 1 heterocycles. The third-order valence-electron chi connectivity index (χ3n) is 3.67. The number of carbonyl (C=O) groups is 1. The molecule has 0 aromatic heterocycles. The summed E-state index contributed by atoms with van der Waals surface area (Å²) in [6.45, 7) is 6.53. The molecule has 1 fully saturated rings. The van der Waals surface area contributed by atoms with Crippen LogP contribution in [0.2, 0.25) is 0 Å². The first-order valence-electron chi connectivity index (χ1n) is 6.96. The van der Waals surface area contributed by atoms with Gasteiger partial charge in [0, 0.05) is 31.8 Å². The highest BCUT2D eigenvalue weighted by atomic mass is 16.5. The molecule has 2 rings (SSSR count). The van der Waals surface area contributed by atoms with Crippen molar-refractivity contribution in [3.8, 4) is 5.75 Å². The lowest BCUT2D eigenvalue weighted by Crippen LogP contribution is -2.51. The SMILES string of the molecule is COc1ccc(/C(C)=C/C(=O)N2CCNCC2C)cc1. The normalized spacial score (nSPS) is 19.9. The van der Waals surface area contributed by atoms with Gasteiger partial charge in [0.2, 0.25) is 5.91 Å². The molecule has 0 radical (unpaired) electrons. The predicted molar refractivity (Wildman–Crippen MR) is 80.7 cm³/mol. The number of nitrogens with one attached hydrogen (secondary N) is 1. The van der Waals surface area contributed by atoms with E-state index in [1.165, 1.54) is 0 Å². The molecule has 1 aromatic rings. The van der Waals surface area contributed by atoms with Crippen LogP contribution in [0.4, 0.5) is 0 Å². The molecule has 1 aromatic carbocycles. The Morgan fingerprint density at radius 1 is 1.40 bits per heavy atom. The molecular weight excluding hydrogens is 252 g/mol.